The van der Waals surface area contributed by atoms with Gasteiger partial charge in [0.1, 0.15) is 5.75 Å². The highest BCUT2D eigenvalue weighted by molar-refractivity contribution is 5.75. The average Bonchev–Trinajstić information content (AvgIpc) is 2.58. The summed E-state index contributed by atoms with van der Waals surface area (Å²) in [6, 6.07) is 4.74. The van der Waals surface area contributed by atoms with Crippen LogP contribution in [0.15, 0.2) is 18.2 Å². The Bertz CT molecular complexity index is 625. The van der Waals surface area contributed by atoms with Gasteiger partial charge in [0.05, 0.1) is 39.3 Å². The van der Waals surface area contributed by atoms with Gasteiger partial charge in [-0.2, -0.15) is 0 Å². The van der Waals surface area contributed by atoms with Crippen molar-refractivity contribution in [1.82, 2.24) is 4.90 Å². The van der Waals surface area contributed by atoms with Gasteiger partial charge in [-0.1, -0.05) is 12.1 Å². The van der Waals surface area contributed by atoms with Crippen molar-refractivity contribution >= 4 is 17.9 Å². The van der Waals surface area contributed by atoms with Crippen molar-refractivity contribution in [3.63, 3.8) is 0 Å². The number of esters is 3. The number of aromatic hydroxyl groups is 1. The number of carbonyl (C=O) groups excluding carboxylic acids is 3. The zero-order valence-electron chi connectivity index (χ0n) is 16.0. The van der Waals surface area contributed by atoms with Crippen molar-refractivity contribution in [1.29, 1.82) is 0 Å². The number of nitrogens with zero attached hydrogens (tertiary/aromatic N) is 1. The van der Waals surface area contributed by atoms with Gasteiger partial charge in [-0.15, -0.1) is 0 Å². The van der Waals surface area contributed by atoms with Crippen LogP contribution in [0.2, 0.25) is 0 Å². The third-order valence-electron chi connectivity index (χ3n) is 3.51. The Morgan fingerprint density at radius 3 is 1.93 bits per heavy atom. The number of rotatable bonds is 11. The van der Waals surface area contributed by atoms with Gasteiger partial charge in [0.2, 0.25) is 0 Å². The first kappa shape index (κ1) is 22.4. The van der Waals surface area contributed by atoms with E-state index >= 15 is 0 Å². The highest BCUT2D eigenvalue weighted by Crippen LogP contribution is 2.21. The second kappa shape index (κ2) is 11.9. The summed E-state index contributed by atoms with van der Waals surface area (Å²) in [6.07, 6.45) is 0.0663. The molecule has 27 heavy (non-hydrogen) atoms. The van der Waals surface area contributed by atoms with E-state index in [-0.39, 0.29) is 57.6 Å². The Labute approximate surface area is 159 Å². The number of ether oxygens (including phenoxy) is 3. The summed E-state index contributed by atoms with van der Waals surface area (Å²) in [5.74, 6) is -1.34. The number of phenols is 1. The van der Waals surface area contributed by atoms with Crippen molar-refractivity contribution in [3.8, 4) is 5.75 Å². The van der Waals surface area contributed by atoms with E-state index in [0.29, 0.717) is 11.1 Å². The van der Waals surface area contributed by atoms with Crippen LogP contribution in [0.5, 0.6) is 5.75 Å². The third kappa shape index (κ3) is 8.54. The minimum atomic E-state index is -0.482. The predicted molar refractivity (Wildman–Crippen MR) is 97.0 cm³/mol. The molecule has 1 aromatic carbocycles. The van der Waals surface area contributed by atoms with Crippen molar-refractivity contribution in [2.45, 2.75) is 33.7 Å². The molecule has 0 aliphatic carbocycles. The molecule has 0 saturated carbocycles. The average molecular weight is 381 g/mol. The highest BCUT2D eigenvalue weighted by Gasteiger charge is 2.18. The van der Waals surface area contributed by atoms with Crippen LogP contribution < -0.4 is 0 Å². The predicted octanol–water partition coefficient (Wildman–Crippen LogP) is 1.43. The minimum Gasteiger partial charge on any atom is -0.508 e. The summed E-state index contributed by atoms with van der Waals surface area (Å²) in [5.41, 5.74) is 1.14. The molecule has 0 aromatic heterocycles. The third-order valence-corrected chi connectivity index (χ3v) is 3.51. The molecule has 1 aromatic rings. The van der Waals surface area contributed by atoms with Gasteiger partial charge in [-0.25, -0.2) is 0 Å². The van der Waals surface area contributed by atoms with E-state index in [2.05, 4.69) is 0 Å². The monoisotopic (exact) mass is 381 g/mol. The number of hydrogen-bond donors (Lipinski definition) is 1. The van der Waals surface area contributed by atoms with Crippen LogP contribution in [-0.4, -0.2) is 60.8 Å². The molecule has 0 aliphatic rings. The number of hydrogen-bond acceptors (Lipinski definition) is 8. The van der Waals surface area contributed by atoms with Crippen LogP contribution in [-0.2, 0) is 41.6 Å². The molecular formula is C19H27NO7. The fourth-order valence-corrected chi connectivity index (χ4v) is 2.44. The van der Waals surface area contributed by atoms with Gasteiger partial charge in [0.25, 0.3) is 0 Å². The Morgan fingerprint density at radius 2 is 1.41 bits per heavy atom. The number of carbonyl (C=O) groups is 3. The fourth-order valence-electron chi connectivity index (χ4n) is 2.44. The molecule has 0 heterocycles. The lowest BCUT2D eigenvalue weighted by Crippen LogP contribution is -2.35. The van der Waals surface area contributed by atoms with E-state index in [1.165, 1.54) is 11.0 Å². The fraction of sp³-hybridized carbons (Fsp3) is 0.526. The van der Waals surface area contributed by atoms with Gasteiger partial charge >= 0.3 is 17.9 Å². The normalized spacial score (nSPS) is 10.5. The van der Waals surface area contributed by atoms with Crippen LogP contribution >= 0.6 is 0 Å². The Morgan fingerprint density at radius 1 is 0.889 bits per heavy atom. The van der Waals surface area contributed by atoms with E-state index in [4.69, 9.17) is 14.2 Å². The van der Waals surface area contributed by atoms with Crippen LogP contribution in [0.4, 0.5) is 0 Å². The topological polar surface area (TPSA) is 102 Å². The molecule has 0 spiro atoms. The van der Waals surface area contributed by atoms with Gasteiger partial charge in [-0.3, -0.25) is 19.3 Å². The van der Waals surface area contributed by atoms with Gasteiger partial charge < -0.3 is 19.3 Å². The van der Waals surface area contributed by atoms with Crippen molar-refractivity contribution in [2.24, 2.45) is 0 Å². The first-order chi connectivity index (χ1) is 12.9. The number of benzene rings is 1. The van der Waals surface area contributed by atoms with Crippen LogP contribution in [0.3, 0.4) is 0 Å². The Hall–Kier alpha value is -2.61. The van der Waals surface area contributed by atoms with E-state index in [1.807, 2.05) is 0 Å². The molecule has 0 amide bonds. The van der Waals surface area contributed by atoms with E-state index in [1.54, 1.807) is 32.9 Å². The maximum absolute atomic E-state index is 11.8. The summed E-state index contributed by atoms with van der Waals surface area (Å²) in [4.78, 5) is 36.8. The summed E-state index contributed by atoms with van der Waals surface area (Å²) < 4.78 is 14.8. The molecule has 0 atom stereocenters. The van der Waals surface area contributed by atoms with Crippen molar-refractivity contribution < 1.29 is 33.7 Å². The molecule has 8 heteroatoms. The standard InChI is InChI=1S/C19H27NO7/c1-4-25-17(22)10-14-7-8-16(21)15(9-14)11-20(12-18(23)26-5-2)13-19(24)27-6-3/h7-9,21H,4-6,10-13H2,1-3H3. The largest absolute Gasteiger partial charge is 0.508 e. The van der Waals surface area contributed by atoms with Gasteiger partial charge in [0, 0.05) is 12.1 Å². The van der Waals surface area contributed by atoms with E-state index < -0.39 is 11.9 Å². The van der Waals surface area contributed by atoms with Gasteiger partial charge in [-0.05, 0) is 32.4 Å². The second-order valence-corrected chi connectivity index (χ2v) is 5.70. The summed E-state index contributed by atoms with van der Waals surface area (Å²) in [7, 11) is 0. The summed E-state index contributed by atoms with van der Waals surface area (Å²) in [5, 5.41) is 10.1. The molecule has 0 radical (unpaired) electrons. The molecule has 1 rings (SSSR count). The first-order valence-corrected chi connectivity index (χ1v) is 8.89. The molecule has 150 valence electrons. The molecule has 0 aliphatic heterocycles. The summed E-state index contributed by atoms with van der Waals surface area (Å²) in [6.45, 7) is 5.71. The second-order valence-electron chi connectivity index (χ2n) is 5.70. The molecular weight excluding hydrogens is 354 g/mol. The SMILES string of the molecule is CCOC(=O)Cc1ccc(O)c(CN(CC(=O)OCC)CC(=O)OCC)c1. The minimum absolute atomic E-state index is 0.000302. The Kier molecular flexibility index (Phi) is 9.89. The highest BCUT2D eigenvalue weighted by atomic mass is 16.5. The van der Waals surface area contributed by atoms with Crippen molar-refractivity contribution in [3.05, 3.63) is 29.3 Å². The lowest BCUT2D eigenvalue weighted by atomic mass is 10.1. The zero-order chi connectivity index (χ0) is 20.2. The van der Waals surface area contributed by atoms with Crippen LogP contribution in [0, 0.1) is 0 Å². The Balaban J connectivity index is 2.92. The van der Waals surface area contributed by atoms with Crippen LogP contribution in [0.1, 0.15) is 31.9 Å². The maximum Gasteiger partial charge on any atom is 0.320 e. The zero-order valence-corrected chi connectivity index (χ0v) is 16.0. The first-order valence-electron chi connectivity index (χ1n) is 8.89. The van der Waals surface area contributed by atoms with E-state index in [0.717, 1.165) is 0 Å². The lowest BCUT2D eigenvalue weighted by Gasteiger charge is -2.21. The molecule has 0 unspecified atom stereocenters. The van der Waals surface area contributed by atoms with Gasteiger partial charge in [0.15, 0.2) is 0 Å². The molecule has 0 fully saturated rings. The smallest absolute Gasteiger partial charge is 0.320 e. The lowest BCUT2D eigenvalue weighted by molar-refractivity contribution is -0.148. The molecule has 0 bridgehead atoms. The van der Waals surface area contributed by atoms with Crippen molar-refractivity contribution in [2.75, 3.05) is 32.9 Å². The van der Waals surface area contributed by atoms with E-state index in [9.17, 15) is 19.5 Å². The molecule has 1 N–H and O–H groups in total. The molecule has 0 saturated heterocycles. The summed E-state index contributed by atoms with van der Waals surface area (Å²) >= 11 is 0. The number of phenolic OH excluding ortho intramolecular Hbond substituents is 1. The quantitative estimate of drug-likeness (QED) is 0.454. The maximum atomic E-state index is 11.8. The molecule has 8 nitrogen and oxygen atoms in total. The van der Waals surface area contributed by atoms with Crippen LogP contribution in [0.25, 0.3) is 0 Å².